The van der Waals surface area contributed by atoms with Gasteiger partial charge in [-0.1, -0.05) is 101 Å². The third-order valence-corrected chi connectivity index (χ3v) is 12.0. The Morgan fingerprint density at radius 3 is 1.75 bits per heavy atom. The monoisotopic (exact) mass is 580 g/mol. The molecular formula is C34H45O4PS. The van der Waals surface area contributed by atoms with Crippen LogP contribution in [0.3, 0.4) is 0 Å². The van der Waals surface area contributed by atoms with Gasteiger partial charge in [-0.15, -0.1) is 0 Å². The van der Waals surface area contributed by atoms with Crippen LogP contribution in [-0.2, 0) is 18.6 Å². The van der Waals surface area contributed by atoms with Crippen LogP contribution in [0.25, 0.3) is 0 Å². The number of ether oxygens (including phenoxy) is 1. The van der Waals surface area contributed by atoms with Gasteiger partial charge in [0.1, 0.15) is 6.61 Å². The number of esters is 1. The highest BCUT2D eigenvalue weighted by atomic mass is 32.2. The highest BCUT2D eigenvalue weighted by Gasteiger charge is 2.51. The lowest BCUT2D eigenvalue weighted by Gasteiger charge is -2.47. The molecular weight excluding hydrogens is 535 g/mol. The zero-order valence-electron chi connectivity index (χ0n) is 25.1. The Kier molecular flexibility index (Phi) is 10.9. The zero-order valence-corrected chi connectivity index (χ0v) is 26.8. The van der Waals surface area contributed by atoms with Crippen molar-refractivity contribution in [1.29, 1.82) is 0 Å². The molecule has 0 spiro atoms. The Balaban J connectivity index is 1.78. The molecule has 0 heterocycles. The number of thioether (sulfide) groups is 1. The summed E-state index contributed by atoms with van der Waals surface area (Å²) in [7, 11) is -3.34. The largest absolute Gasteiger partial charge is 0.463 e. The van der Waals surface area contributed by atoms with Gasteiger partial charge in [0.25, 0.3) is 7.37 Å². The molecule has 0 saturated carbocycles. The van der Waals surface area contributed by atoms with Gasteiger partial charge < -0.3 is 9.26 Å². The molecule has 0 aliphatic rings. The Bertz CT molecular complexity index is 1220. The molecule has 0 N–H and O–H groups in total. The van der Waals surface area contributed by atoms with Gasteiger partial charge in [0.05, 0.1) is 12.0 Å². The van der Waals surface area contributed by atoms with E-state index in [2.05, 4.69) is 65.1 Å². The molecule has 0 aliphatic heterocycles. The summed E-state index contributed by atoms with van der Waals surface area (Å²) >= 11 is 1.76. The van der Waals surface area contributed by atoms with Gasteiger partial charge >= 0.3 is 5.97 Å². The quantitative estimate of drug-likeness (QED) is 0.109. The van der Waals surface area contributed by atoms with Crippen LogP contribution >= 0.6 is 19.1 Å². The molecule has 0 aliphatic carbocycles. The lowest BCUT2D eigenvalue weighted by atomic mass is 9.59. The fraction of sp³-hybridized carbons (Fsp3) is 0.441. The van der Waals surface area contributed by atoms with E-state index in [1.54, 1.807) is 11.8 Å². The number of hydrogen-bond donors (Lipinski definition) is 0. The molecule has 0 amide bonds. The van der Waals surface area contributed by atoms with Crippen molar-refractivity contribution < 1.29 is 18.6 Å². The lowest BCUT2D eigenvalue weighted by Crippen LogP contribution is -2.47. The third-order valence-electron chi connectivity index (χ3n) is 8.24. The van der Waals surface area contributed by atoms with E-state index >= 15 is 0 Å². The average Bonchev–Trinajstić information content (AvgIpc) is 2.95. The smallest absolute Gasteiger partial charge is 0.312 e. The minimum atomic E-state index is -3.34. The first-order chi connectivity index (χ1) is 18.8. The molecule has 0 bridgehead atoms. The maximum Gasteiger partial charge on any atom is 0.312 e. The van der Waals surface area contributed by atoms with Gasteiger partial charge in [-0.2, -0.15) is 11.8 Å². The van der Waals surface area contributed by atoms with Crippen molar-refractivity contribution in [3.8, 4) is 0 Å². The second-order valence-corrected chi connectivity index (χ2v) is 16.0. The lowest BCUT2D eigenvalue weighted by molar-refractivity contribution is -0.165. The third kappa shape index (κ3) is 7.69. The fourth-order valence-corrected chi connectivity index (χ4v) is 7.90. The van der Waals surface area contributed by atoms with Crippen LogP contribution in [0.15, 0.2) is 91.0 Å². The predicted octanol–water partition coefficient (Wildman–Crippen LogP) is 8.23. The highest BCUT2D eigenvalue weighted by Crippen LogP contribution is 2.52. The van der Waals surface area contributed by atoms with Gasteiger partial charge in [0, 0.05) is 15.4 Å². The van der Waals surface area contributed by atoms with E-state index in [1.165, 1.54) is 5.56 Å². The second-order valence-electron chi connectivity index (χ2n) is 12.1. The molecule has 3 aromatic rings. The molecule has 3 rings (SSSR count). The first-order valence-electron chi connectivity index (χ1n) is 14.0. The molecule has 216 valence electrons. The SMILES string of the molecule is CSC(C)(C)CC(C)(C(=O)OCCOP(=O)(c1ccccc1)c1ccccc1)C(C)(C)CC(C)c1ccccc1. The van der Waals surface area contributed by atoms with Gasteiger partial charge in [0.15, 0.2) is 0 Å². The summed E-state index contributed by atoms with van der Waals surface area (Å²) in [5, 5.41) is 1.24. The number of carbonyl (C=O) groups is 1. The van der Waals surface area contributed by atoms with E-state index in [9.17, 15) is 9.36 Å². The minimum Gasteiger partial charge on any atom is -0.463 e. The van der Waals surface area contributed by atoms with E-state index in [0.29, 0.717) is 17.0 Å². The Morgan fingerprint density at radius 2 is 1.27 bits per heavy atom. The summed E-state index contributed by atoms with van der Waals surface area (Å²) in [6.45, 7) is 13.1. The summed E-state index contributed by atoms with van der Waals surface area (Å²) < 4.78 is 26.0. The van der Waals surface area contributed by atoms with Crippen LogP contribution in [0.2, 0.25) is 0 Å². The van der Waals surface area contributed by atoms with Crippen molar-refractivity contribution in [3.63, 3.8) is 0 Å². The van der Waals surface area contributed by atoms with E-state index in [1.807, 2.05) is 73.7 Å². The fourth-order valence-electron chi connectivity index (χ4n) is 5.41. The molecule has 2 unspecified atom stereocenters. The second kappa shape index (κ2) is 13.6. The summed E-state index contributed by atoms with van der Waals surface area (Å²) in [6.07, 6.45) is 3.59. The predicted molar refractivity (Wildman–Crippen MR) is 170 cm³/mol. The number of benzene rings is 3. The van der Waals surface area contributed by atoms with Crippen molar-refractivity contribution in [3.05, 3.63) is 96.6 Å². The summed E-state index contributed by atoms with van der Waals surface area (Å²) in [4.78, 5) is 13.9. The maximum atomic E-state index is 14.1. The van der Waals surface area contributed by atoms with E-state index in [0.717, 1.165) is 6.42 Å². The number of hydrogen-bond acceptors (Lipinski definition) is 5. The molecule has 0 fully saturated rings. The summed E-state index contributed by atoms with van der Waals surface area (Å²) in [5.41, 5.74) is 0.170. The van der Waals surface area contributed by atoms with E-state index in [-0.39, 0.29) is 35.3 Å². The topological polar surface area (TPSA) is 52.6 Å². The van der Waals surface area contributed by atoms with Crippen molar-refractivity contribution in [2.45, 2.75) is 65.0 Å². The number of carbonyl (C=O) groups excluding carboxylic acids is 1. The molecule has 3 aromatic carbocycles. The van der Waals surface area contributed by atoms with E-state index in [4.69, 9.17) is 9.26 Å². The molecule has 0 saturated heterocycles. The van der Waals surface area contributed by atoms with Crippen molar-refractivity contribution in [2.75, 3.05) is 19.5 Å². The van der Waals surface area contributed by atoms with Crippen LogP contribution in [0.5, 0.6) is 0 Å². The van der Waals surface area contributed by atoms with Gasteiger partial charge in [-0.05, 0) is 67.2 Å². The van der Waals surface area contributed by atoms with Crippen molar-refractivity contribution >= 4 is 35.7 Å². The minimum absolute atomic E-state index is 0.0299. The number of rotatable bonds is 14. The zero-order chi connectivity index (χ0) is 29.4. The molecule has 0 aromatic heterocycles. The average molecular weight is 581 g/mol. The maximum absolute atomic E-state index is 14.1. The molecule has 4 nitrogen and oxygen atoms in total. The Hall–Kier alpha value is -2.33. The van der Waals surface area contributed by atoms with Gasteiger partial charge in [-0.3, -0.25) is 9.36 Å². The first kappa shape index (κ1) is 32.2. The van der Waals surface area contributed by atoms with Crippen LogP contribution in [0, 0.1) is 10.8 Å². The normalized spacial score (nSPS) is 14.8. The van der Waals surface area contributed by atoms with Crippen LogP contribution in [0.4, 0.5) is 0 Å². The van der Waals surface area contributed by atoms with E-state index < -0.39 is 12.8 Å². The van der Waals surface area contributed by atoms with Crippen molar-refractivity contribution in [2.24, 2.45) is 10.8 Å². The molecule has 6 heteroatoms. The van der Waals surface area contributed by atoms with Gasteiger partial charge in [0.2, 0.25) is 0 Å². The molecule has 0 radical (unpaired) electrons. The Morgan fingerprint density at radius 1 is 0.800 bits per heavy atom. The molecule has 40 heavy (non-hydrogen) atoms. The van der Waals surface area contributed by atoms with Crippen LogP contribution in [0.1, 0.15) is 65.9 Å². The molecule has 2 atom stereocenters. The van der Waals surface area contributed by atoms with Gasteiger partial charge in [-0.25, -0.2) is 0 Å². The highest BCUT2D eigenvalue weighted by molar-refractivity contribution is 7.99. The first-order valence-corrected chi connectivity index (χ1v) is 16.8. The summed E-state index contributed by atoms with van der Waals surface area (Å²) in [6, 6.07) is 28.9. The van der Waals surface area contributed by atoms with Crippen molar-refractivity contribution in [1.82, 2.24) is 0 Å². The van der Waals surface area contributed by atoms with Crippen LogP contribution < -0.4 is 10.6 Å². The summed E-state index contributed by atoms with van der Waals surface area (Å²) in [5.74, 6) is 0.0458. The Labute approximate surface area is 245 Å². The van der Waals surface area contributed by atoms with Crippen LogP contribution in [-0.4, -0.2) is 30.2 Å². The standard InChI is InChI=1S/C34H45O4PS/c1-27(28-17-11-8-12-18-28)25-32(2,3)34(6,26-33(4,5)40-7)31(35)37-23-24-38-39(36,29-19-13-9-14-20-29)30-21-15-10-16-22-30/h8-22,27H,23-26H2,1-7H3.